The number of halogens is 2. The largest absolute Gasteiger partial charge is 0.293 e. The lowest BCUT2D eigenvalue weighted by Crippen LogP contribution is -2.15. The molecule has 0 aliphatic rings. The zero-order chi connectivity index (χ0) is 15.6. The van der Waals surface area contributed by atoms with Crippen molar-refractivity contribution in [3.8, 4) is 0 Å². The number of Topliss-reactive ketones (excluding diaryl/α,β-unsaturated/α-hetero) is 1. The van der Waals surface area contributed by atoms with Gasteiger partial charge in [-0.3, -0.25) is 4.79 Å². The molecule has 2 aromatic rings. The highest BCUT2D eigenvalue weighted by atomic mass is 32.2. The van der Waals surface area contributed by atoms with Crippen molar-refractivity contribution in [1.29, 1.82) is 0 Å². The summed E-state index contributed by atoms with van der Waals surface area (Å²) in [6, 6.07) is 9.02. The zero-order valence-electron chi connectivity index (χ0n) is 12.1. The molecule has 0 saturated heterocycles. The van der Waals surface area contributed by atoms with Gasteiger partial charge in [0.2, 0.25) is 0 Å². The van der Waals surface area contributed by atoms with Gasteiger partial charge < -0.3 is 0 Å². The van der Waals surface area contributed by atoms with Crippen LogP contribution in [0.1, 0.15) is 28.4 Å². The molecule has 0 radical (unpaired) electrons. The Bertz CT molecular complexity index is 682. The van der Waals surface area contributed by atoms with E-state index in [1.54, 1.807) is 6.92 Å². The first-order valence-electron chi connectivity index (χ1n) is 6.61. The Hall–Kier alpha value is -1.68. The van der Waals surface area contributed by atoms with Crippen molar-refractivity contribution >= 4 is 17.5 Å². The standard InChI is InChI=1S/C17H16F2OS/c1-10-4-7-16(11(2)8-10)21-12(3)17(20)14-6-5-13(18)9-15(14)19/h4-9,12H,1-3H3. The fourth-order valence-electron chi connectivity index (χ4n) is 2.08. The number of ketones is 1. The van der Waals surface area contributed by atoms with Crippen LogP contribution in [0.15, 0.2) is 41.3 Å². The van der Waals surface area contributed by atoms with Gasteiger partial charge in [-0.1, -0.05) is 17.7 Å². The van der Waals surface area contributed by atoms with Crippen molar-refractivity contribution in [2.45, 2.75) is 30.9 Å². The molecule has 0 amide bonds. The van der Waals surface area contributed by atoms with Crippen LogP contribution in [0.5, 0.6) is 0 Å². The van der Waals surface area contributed by atoms with E-state index in [0.29, 0.717) is 0 Å². The maximum atomic E-state index is 13.7. The first-order valence-corrected chi connectivity index (χ1v) is 7.49. The minimum Gasteiger partial charge on any atom is -0.293 e. The van der Waals surface area contributed by atoms with Gasteiger partial charge in [0.05, 0.1) is 10.8 Å². The van der Waals surface area contributed by atoms with Gasteiger partial charge in [0.25, 0.3) is 0 Å². The first-order chi connectivity index (χ1) is 9.88. The van der Waals surface area contributed by atoms with Crippen molar-refractivity contribution in [3.05, 3.63) is 64.7 Å². The van der Waals surface area contributed by atoms with Crippen molar-refractivity contribution in [2.75, 3.05) is 0 Å². The molecular formula is C17H16F2OS. The molecule has 0 bridgehead atoms. The van der Waals surface area contributed by atoms with Crippen molar-refractivity contribution < 1.29 is 13.6 Å². The van der Waals surface area contributed by atoms with E-state index in [2.05, 4.69) is 0 Å². The molecule has 110 valence electrons. The molecule has 0 aliphatic carbocycles. The maximum absolute atomic E-state index is 13.7. The number of aryl methyl sites for hydroxylation is 2. The van der Waals surface area contributed by atoms with E-state index < -0.39 is 16.9 Å². The summed E-state index contributed by atoms with van der Waals surface area (Å²) in [4.78, 5) is 13.3. The van der Waals surface area contributed by atoms with E-state index >= 15 is 0 Å². The topological polar surface area (TPSA) is 17.1 Å². The number of carbonyl (C=O) groups is 1. The second kappa shape index (κ2) is 6.39. The number of benzene rings is 2. The smallest absolute Gasteiger partial charge is 0.178 e. The summed E-state index contributed by atoms with van der Waals surface area (Å²) in [6.45, 7) is 5.71. The average molecular weight is 306 g/mol. The van der Waals surface area contributed by atoms with Crippen molar-refractivity contribution in [2.24, 2.45) is 0 Å². The van der Waals surface area contributed by atoms with E-state index in [4.69, 9.17) is 0 Å². The van der Waals surface area contributed by atoms with Gasteiger partial charge in [0, 0.05) is 11.0 Å². The molecule has 0 saturated carbocycles. The normalized spacial score (nSPS) is 12.2. The third-order valence-electron chi connectivity index (χ3n) is 3.20. The molecule has 0 N–H and O–H groups in total. The van der Waals surface area contributed by atoms with Gasteiger partial charge in [-0.05, 0) is 44.5 Å². The summed E-state index contributed by atoms with van der Waals surface area (Å²) in [5, 5.41) is -0.439. The minimum atomic E-state index is -0.812. The van der Waals surface area contributed by atoms with Gasteiger partial charge in [-0.15, -0.1) is 11.8 Å². The molecule has 21 heavy (non-hydrogen) atoms. The van der Waals surface area contributed by atoms with Crippen LogP contribution in [0.3, 0.4) is 0 Å². The van der Waals surface area contributed by atoms with Crippen LogP contribution in [0.2, 0.25) is 0 Å². The van der Waals surface area contributed by atoms with Crippen LogP contribution >= 0.6 is 11.8 Å². The van der Waals surface area contributed by atoms with Crippen molar-refractivity contribution in [1.82, 2.24) is 0 Å². The highest BCUT2D eigenvalue weighted by molar-refractivity contribution is 8.00. The van der Waals surface area contributed by atoms with Crippen LogP contribution in [-0.2, 0) is 0 Å². The van der Waals surface area contributed by atoms with E-state index in [9.17, 15) is 13.6 Å². The van der Waals surface area contributed by atoms with Gasteiger partial charge in [-0.2, -0.15) is 0 Å². The molecule has 2 rings (SSSR count). The van der Waals surface area contributed by atoms with E-state index in [0.717, 1.165) is 28.2 Å². The molecule has 0 heterocycles. The average Bonchev–Trinajstić information content (AvgIpc) is 2.41. The SMILES string of the molecule is Cc1ccc(SC(C)C(=O)c2ccc(F)cc2F)c(C)c1. The summed E-state index contributed by atoms with van der Waals surface area (Å²) < 4.78 is 26.6. The van der Waals surface area contributed by atoms with E-state index in [-0.39, 0.29) is 11.3 Å². The Morgan fingerprint density at radius 3 is 2.43 bits per heavy atom. The van der Waals surface area contributed by atoms with Gasteiger partial charge in [0.1, 0.15) is 11.6 Å². The fourth-order valence-corrected chi connectivity index (χ4v) is 3.09. The lowest BCUT2D eigenvalue weighted by Gasteiger charge is -2.13. The third kappa shape index (κ3) is 3.70. The molecule has 4 heteroatoms. The molecular weight excluding hydrogens is 290 g/mol. The third-order valence-corrected chi connectivity index (χ3v) is 4.48. The number of hydrogen-bond donors (Lipinski definition) is 0. The monoisotopic (exact) mass is 306 g/mol. The zero-order valence-corrected chi connectivity index (χ0v) is 12.9. The van der Waals surface area contributed by atoms with E-state index in [1.165, 1.54) is 17.8 Å². The van der Waals surface area contributed by atoms with Gasteiger partial charge in [0.15, 0.2) is 5.78 Å². The predicted octanol–water partition coefficient (Wildman–Crippen LogP) is 4.95. The van der Waals surface area contributed by atoms with Crippen LogP contribution in [-0.4, -0.2) is 11.0 Å². The lowest BCUT2D eigenvalue weighted by molar-refractivity contribution is 0.0990. The Labute approximate surface area is 127 Å². The molecule has 1 unspecified atom stereocenters. The van der Waals surface area contributed by atoms with Gasteiger partial charge in [-0.25, -0.2) is 8.78 Å². The number of rotatable bonds is 4. The number of carbonyl (C=O) groups excluding carboxylic acids is 1. The maximum Gasteiger partial charge on any atom is 0.178 e. The predicted molar refractivity (Wildman–Crippen MR) is 81.9 cm³/mol. The summed E-state index contributed by atoms with van der Waals surface area (Å²) >= 11 is 1.38. The molecule has 0 spiro atoms. The summed E-state index contributed by atoms with van der Waals surface area (Å²) in [5.41, 5.74) is 2.17. The van der Waals surface area contributed by atoms with Gasteiger partial charge >= 0.3 is 0 Å². The highest BCUT2D eigenvalue weighted by Gasteiger charge is 2.20. The second-order valence-corrected chi connectivity index (χ2v) is 6.40. The van der Waals surface area contributed by atoms with Crippen LogP contribution in [0, 0.1) is 25.5 Å². The van der Waals surface area contributed by atoms with Crippen LogP contribution < -0.4 is 0 Å². The molecule has 2 aromatic carbocycles. The molecule has 1 atom stereocenters. The van der Waals surface area contributed by atoms with Crippen LogP contribution in [0.25, 0.3) is 0 Å². The Morgan fingerprint density at radius 1 is 1.10 bits per heavy atom. The Morgan fingerprint density at radius 2 is 1.81 bits per heavy atom. The van der Waals surface area contributed by atoms with Crippen LogP contribution in [0.4, 0.5) is 8.78 Å². The molecule has 1 nitrogen and oxygen atoms in total. The fraction of sp³-hybridized carbons (Fsp3) is 0.235. The Kier molecular flexibility index (Phi) is 4.78. The highest BCUT2D eigenvalue weighted by Crippen LogP contribution is 2.29. The summed E-state index contributed by atoms with van der Waals surface area (Å²) in [6.07, 6.45) is 0. The van der Waals surface area contributed by atoms with Crippen molar-refractivity contribution in [3.63, 3.8) is 0 Å². The molecule has 0 aliphatic heterocycles. The summed E-state index contributed by atoms with van der Waals surface area (Å²) in [7, 11) is 0. The summed E-state index contributed by atoms with van der Waals surface area (Å²) in [5.74, 6) is -1.83. The minimum absolute atomic E-state index is 0.0684. The second-order valence-electron chi connectivity index (χ2n) is 5.02. The Balaban J connectivity index is 2.19. The number of thioether (sulfide) groups is 1. The molecule has 0 aromatic heterocycles. The lowest BCUT2D eigenvalue weighted by atomic mass is 10.1. The van der Waals surface area contributed by atoms with E-state index in [1.807, 2.05) is 32.0 Å². The number of hydrogen-bond acceptors (Lipinski definition) is 2. The quantitative estimate of drug-likeness (QED) is 0.587. The molecule has 0 fully saturated rings. The first kappa shape index (κ1) is 15.7.